The van der Waals surface area contributed by atoms with E-state index in [1.54, 1.807) is 6.08 Å². The molecule has 0 saturated heterocycles. The first-order valence-electron chi connectivity index (χ1n) is 28.3. The largest absolute Gasteiger partial charge is 0.466 e. The van der Waals surface area contributed by atoms with Crippen molar-refractivity contribution >= 4 is 11.9 Å². The van der Waals surface area contributed by atoms with Crippen LogP contribution in [0.3, 0.4) is 0 Å². The molecule has 6 nitrogen and oxygen atoms in total. The molecular weight excluding hydrogens is 791 g/mol. The number of amides is 1. The summed E-state index contributed by atoms with van der Waals surface area (Å²) in [6.45, 7) is 4.86. The van der Waals surface area contributed by atoms with Gasteiger partial charge in [-0.15, -0.1) is 0 Å². The molecule has 0 spiro atoms. The van der Waals surface area contributed by atoms with Crippen molar-refractivity contribution in [2.24, 2.45) is 0 Å². The van der Waals surface area contributed by atoms with Crippen molar-refractivity contribution in [2.75, 3.05) is 13.2 Å². The van der Waals surface area contributed by atoms with Gasteiger partial charge in [0.2, 0.25) is 5.91 Å². The van der Waals surface area contributed by atoms with Crippen LogP contribution in [0.1, 0.15) is 296 Å². The third-order valence-electron chi connectivity index (χ3n) is 12.9. The average Bonchev–Trinajstić information content (AvgIpc) is 3.29. The summed E-state index contributed by atoms with van der Waals surface area (Å²) in [6, 6.07) is -0.640. The van der Waals surface area contributed by atoms with Crippen molar-refractivity contribution in [3.63, 3.8) is 0 Å². The second-order valence-corrected chi connectivity index (χ2v) is 19.3. The molecule has 6 heteroatoms. The van der Waals surface area contributed by atoms with Crippen molar-refractivity contribution in [2.45, 2.75) is 309 Å². The number of aliphatic hydroxyl groups excluding tert-OH is 2. The van der Waals surface area contributed by atoms with E-state index in [2.05, 4.69) is 43.5 Å². The van der Waals surface area contributed by atoms with Crippen LogP contribution in [0.4, 0.5) is 0 Å². The molecule has 0 aromatic carbocycles. The van der Waals surface area contributed by atoms with Gasteiger partial charge in [-0.25, -0.2) is 0 Å². The van der Waals surface area contributed by atoms with Crippen molar-refractivity contribution in [1.82, 2.24) is 5.32 Å². The van der Waals surface area contributed by atoms with Crippen LogP contribution in [0, 0.1) is 0 Å². The second kappa shape index (κ2) is 53.7. The van der Waals surface area contributed by atoms with Gasteiger partial charge in [0.05, 0.1) is 25.4 Å². The topological polar surface area (TPSA) is 95.9 Å². The standard InChI is InChI=1S/C58H109NO5/c1-3-5-7-9-11-13-15-17-18-19-21-24-27-30-34-38-42-46-50-56(61)55(54-60)59-57(62)51-47-43-39-35-31-28-25-22-20-23-26-29-33-37-41-45-49-53-64-58(63)52-48-44-40-36-32-16-14-12-10-8-6-4-2/h20,23,29,33,46,50,55-56,60-61H,3-19,21-22,24-28,30-32,34-45,47-49,51-54H2,1-2H3,(H,59,62)/b23-20-,33-29-,50-46+. The average molecular weight is 901 g/mol. The van der Waals surface area contributed by atoms with Crippen LogP contribution >= 0.6 is 0 Å². The summed E-state index contributed by atoms with van der Waals surface area (Å²) in [7, 11) is 0. The molecule has 2 unspecified atom stereocenters. The lowest BCUT2D eigenvalue weighted by Crippen LogP contribution is -2.45. The molecule has 0 bridgehead atoms. The molecule has 0 heterocycles. The van der Waals surface area contributed by atoms with E-state index < -0.39 is 12.1 Å². The summed E-state index contributed by atoms with van der Waals surface area (Å²) in [5.74, 6) is -0.0988. The fraction of sp³-hybridized carbons (Fsp3) is 0.862. The number of carbonyl (C=O) groups is 2. The van der Waals surface area contributed by atoms with Gasteiger partial charge in [-0.3, -0.25) is 9.59 Å². The van der Waals surface area contributed by atoms with Gasteiger partial charge in [0, 0.05) is 12.8 Å². The quantitative estimate of drug-likeness (QED) is 0.0321. The van der Waals surface area contributed by atoms with Gasteiger partial charge in [-0.1, -0.05) is 249 Å². The first kappa shape index (κ1) is 62.1. The van der Waals surface area contributed by atoms with Crippen molar-refractivity contribution in [3.05, 3.63) is 36.5 Å². The summed E-state index contributed by atoms with van der Waals surface area (Å²) in [5, 5.41) is 23.1. The van der Waals surface area contributed by atoms with E-state index in [-0.39, 0.29) is 18.5 Å². The molecular formula is C58H109NO5. The fourth-order valence-corrected chi connectivity index (χ4v) is 8.55. The van der Waals surface area contributed by atoms with Gasteiger partial charge in [0.1, 0.15) is 0 Å². The van der Waals surface area contributed by atoms with Crippen LogP contribution in [0.15, 0.2) is 36.5 Å². The zero-order chi connectivity index (χ0) is 46.5. The number of nitrogens with one attached hydrogen (secondary N) is 1. The molecule has 0 radical (unpaired) electrons. The molecule has 2 atom stereocenters. The molecule has 0 aromatic rings. The third kappa shape index (κ3) is 49.5. The van der Waals surface area contributed by atoms with Gasteiger partial charge >= 0.3 is 5.97 Å². The molecule has 0 rings (SSSR count). The van der Waals surface area contributed by atoms with E-state index >= 15 is 0 Å². The molecule has 0 aliphatic carbocycles. The zero-order valence-electron chi connectivity index (χ0n) is 42.8. The highest BCUT2D eigenvalue weighted by atomic mass is 16.5. The Balaban J connectivity index is 3.54. The summed E-state index contributed by atoms with van der Waals surface area (Å²) < 4.78 is 5.44. The van der Waals surface area contributed by atoms with Crippen LogP contribution < -0.4 is 5.32 Å². The van der Waals surface area contributed by atoms with Gasteiger partial charge in [0.15, 0.2) is 0 Å². The number of rotatable bonds is 52. The maximum atomic E-state index is 12.5. The minimum Gasteiger partial charge on any atom is -0.466 e. The molecule has 0 fully saturated rings. The minimum absolute atomic E-state index is 0.0159. The Labute approximate surface area is 398 Å². The SMILES string of the molecule is CCCCCCCCCCCCCCCCCC/C=C/C(O)C(CO)NC(=O)CCCCCCCCC/C=C\C/C=C\CCCCCOC(=O)CCCCCCCCCCCCCC. The lowest BCUT2D eigenvalue weighted by atomic mass is 10.0. The van der Waals surface area contributed by atoms with E-state index in [0.717, 1.165) is 83.5 Å². The Morgan fingerprint density at radius 3 is 1.19 bits per heavy atom. The van der Waals surface area contributed by atoms with Gasteiger partial charge in [0.25, 0.3) is 0 Å². The first-order valence-corrected chi connectivity index (χ1v) is 28.3. The molecule has 64 heavy (non-hydrogen) atoms. The Bertz CT molecular complexity index is 1040. The molecule has 376 valence electrons. The fourth-order valence-electron chi connectivity index (χ4n) is 8.55. The number of hydrogen-bond donors (Lipinski definition) is 3. The number of allylic oxidation sites excluding steroid dienone is 5. The van der Waals surface area contributed by atoms with E-state index in [4.69, 9.17) is 4.74 Å². The maximum Gasteiger partial charge on any atom is 0.305 e. The normalized spacial score (nSPS) is 12.9. The van der Waals surface area contributed by atoms with Crippen LogP contribution in [0.5, 0.6) is 0 Å². The first-order chi connectivity index (χ1) is 31.5. The van der Waals surface area contributed by atoms with Gasteiger partial charge < -0.3 is 20.3 Å². The highest BCUT2D eigenvalue weighted by molar-refractivity contribution is 5.76. The van der Waals surface area contributed by atoms with Crippen molar-refractivity contribution < 1.29 is 24.5 Å². The highest BCUT2D eigenvalue weighted by Crippen LogP contribution is 2.16. The van der Waals surface area contributed by atoms with Crippen LogP contribution in [-0.4, -0.2) is 47.4 Å². The highest BCUT2D eigenvalue weighted by Gasteiger charge is 2.18. The molecule has 0 saturated carbocycles. The lowest BCUT2D eigenvalue weighted by molar-refractivity contribution is -0.143. The smallest absolute Gasteiger partial charge is 0.305 e. The monoisotopic (exact) mass is 900 g/mol. The summed E-state index contributed by atoms with van der Waals surface area (Å²) >= 11 is 0. The minimum atomic E-state index is -0.855. The Kier molecular flexibility index (Phi) is 52.1. The van der Waals surface area contributed by atoms with E-state index in [9.17, 15) is 19.8 Å². The molecule has 3 N–H and O–H groups in total. The Hall–Kier alpha value is -1.92. The van der Waals surface area contributed by atoms with Gasteiger partial charge in [-0.2, -0.15) is 0 Å². The third-order valence-corrected chi connectivity index (χ3v) is 12.9. The number of hydrogen-bond acceptors (Lipinski definition) is 5. The summed E-state index contributed by atoms with van der Waals surface area (Å²) in [4.78, 5) is 24.4. The number of carbonyl (C=O) groups excluding carboxylic acids is 2. The summed E-state index contributed by atoms with van der Waals surface area (Å²) in [5.41, 5.74) is 0. The second-order valence-electron chi connectivity index (χ2n) is 19.3. The molecule has 0 aliphatic rings. The number of esters is 1. The van der Waals surface area contributed by atoms with E-state index in [1.807, 2.05) is 6.08 Å². The van der Waals surface area contributed by atoms with Crippen LogP contribution in [0.2, 0.25) is 0 Å². The van der Waals surface area contributed by atoms with Crippen molar-refractivity contribution in [1.29, 1.82) is 0 Å². The van der Waals surface area contributed by atoms with Crippen molar-refractivity contribution in [3.8, 4) is 0 Å². The number of aliphatic hydroxyl groups is 2. The maximum absolute atomic E-state index is 12.5. The van der Waals surface area contributed by atoms with Crippen LogP contribution in [-0.2, 0) is 14.3 Å². The van der Waals surface area contributed by atoms with Crippen LogP contribution in [0.25, 0.3) is 0 Å². The molecule has 1 amide bonds. The Morgan fingerprint density at radius 1 is 0.438 bits per heavy atom. The summed E-state index contributed by atoms with van der Waals surface area (Å²) in [6.07, 6.45) is 65.9. The molecule has 0 aliphatic heterocycles. The Morgan fingerprint density at radius 2 is 0.781 bits per heavy atom. The molecule has 0 aromatic heterocycles. The predicted octanol–water partition coefficient (Wildman–Crippen LogP) is 17.2. The zero-order valence-corrected chi connectivity index (χ0v) is 42.8. The number of unbranched alkanes of at least 4 members (excludes halogenated alkanes) is 37. The van der Waals surface area contributed by atoms with E-state index in [1.165, 1.54) is 186 Å². The lowest BCUT2D eigenvalue weighted by Gasteiger charge is -2.20. The van der Waals surface area contributed by atoms with Gasteiger partial charge in [-0.05, 0) is 70.6 Å². The predicted molar refractivity (Wildman–Crippen MR) is 278 cm³/mol. The van der Waals surface area contributed by atoms with E-state index in [0.29, 0.717) is 19.4 Å². The number of ether oxygens (including phenoxy) is 1.